The second-order valence-electron chi connectivity index (χ2n) is 5.97. The first-order valence-electron chi connectivity index (χ1n) is 7.30. The van der Waals surface area contributed by atoms with Crippen LogP contribution in [0.5, 0.6) is 0 Å². The lowest BCUT2D eigenvalue weighted by atomic mass is 9.99. The van der Waals surface area contributed by atoms with Crippen LogP contribution in [-0.4, -0.2) is 19.8 Å². The maximum Gasteiger partial charge on any atom is 0.0665 e. The fraction of sp³-hybridized carbons (Fsp3) is 0.647. The van der Waals surface area contributed by atoms with Gasteiger partial charge in [0, 0.05) is 0 Å². The van der Waals surface area contributed by atoms with E-state index >= 15 is 0 Å². The van der Waals surface area contributed by atoms with Crippen molar-refractivity contribution in [2.75, 3.05) is 13.7 Å². The van der Waals surface area contributed by atoms with Crippen molar-refractivity contribution in [2.45, 2.75) is 53.2 Å². The predicted molar refractivity (Wildman–Crippen MR) is 82.6 cm³/mol. The Morgan fingerprint density at radius 2 is 1.84 bits per heavy atom. The van der Waals surface area contributed by atoms with Gasteiger partial charge in [-0.1, -0.05) is 37.6 Å². The van der Waals surface area contributed by atoms with Crippen LogP contribution in [-0.2, 0) is 4.74 Å². The zero-order valence-electron chi connectivity index (χ0n) is 13.3. The molecule has 2 atom stereocenters. The first-order valence-corrected chi connectivity index (χ1v) is 7.30. The van der Waals surface area contributed by atoms with E-state index in [0.717, 1.165) is 13.0 Å². The third-order valence-corrected chi connectivity index (χ3v) is 3.51. The molecule has 0 fully saturated rings. The zero-order valence-corrected chi connectivity index (χ0v) is 13.3. The van der Waals surface area contributed by atoms with Crippen molar-refractivity contribution >= 4 is 0 Å². The highest BCUT2D eigenvalue weighted by Crippen LogP contribution is 2.20. The fourth-order valence-corrected chi connectivity index (χ4v) is 2.46. The minimum absolute atomic E-state index is 0.273. The van der Waals surface area contributed by atoms with E-state index in [1.165, 1.54) is 16.7 Å². The molecule has 0 radical (unpaired) electrons. The molecule has 0 amide bonds. The van der Waals surface area contributed by atoms with Gasteiger partial charge in [-0.15, -0.1) is 0 Å². The smallest absolute Gasteiger partial charge is 0.0665 e. The molecule has 0 bridgehead atoms. The van der Waals surface area contributed by atoms with Gasteiger partial charge in [0.25, 0.3) is 0 Å². The minimum atomic E-state index is 0.273. The summed E-state index contributed by atoms with van der Waals surface area (Å²) in [5, 5.41) is 3.37. The highest BCUT2D eigenvalue weighted by atomic mass is 16.5. The lowest BCUT2D eigenvalue weighted by Gasteiger charge is -2.23. The molecule has 0 aliphatic heterocycles. The molecule has 108 valence electrons. The number of rotatable bonds is 7. The lowest BCUT2D eigenvalue weighted by molar-refractivity contribution is 0.0382. The molecule has 19 heavy (non-hydrogen) atoms. The highest BCUT2D eigenvalue weighted by molar-refractivity contribution is 5.33. The van der Waals surface area contributed by atoms with E-state index in [9.17, 15) is 0 Å². The van der Waals surface area contributed by atoms with Gasteiger partial charge in [0.2, 0.25) is 0 Å². The van der Waals surface area contributed by atoms with Gasteiger partial charge in [0.1, 0.15) is 0 Å². The van der Waals surface area contributed by atoms with Crippen LogP contribution in [0, 0.1) is 19.8 Å². The molecule has 0 spiro atoms. The summed E-state index contributed by atoms with van der Waals surface area (Å²) >= 11 is 0. The molecule has 2 heteroatoms. The van der Waals surface area contributed by atoms with E-state index in [1.54, 1.807) is 0 Å². The molecule has 1 N–H and O–H groups in total. The van der Waals surface area contributed by atoms with Gasteiger partial charge >= 0.3 is 0 Å². The molecular formula is C17H29NO. The molecule has 1 aromatic carbocycles. The summed E-state index contributed by atoms with van der Waals surface area (Å²) in [5.74, 6) is 0.684. The summed E-state index contributed by atoms with van der Waals surface area (Å²) in [6.07, 6.45) is 1.43. The molecule has 0 heterocycles. The van der Waals surface area contributed by atoms with Crippen LogP contribution in [0.4, 0.5) is 0 Å². The largest absolute Gasteiger partial charge is 0.377 e. The summed E-state index contributed by atoms with van der Waals surface area (Å²) in [7, 11) is 2.00. The molecular weight excluding hydrogens is 234 g/mol. The van der Waals surface area contributed by atoms with Crippen LogP contribution in [0.1, 0.15) is 49.9 Å². The van der Waals surface area contributed by atoms with E-state index in [0.29, 0.717) is 12.0 Å². The number of likely N-dealkylation sites (N-methyl/N-ethyl adjacent to an activating group) is 1. The average molecular weight is 263 g/mol. The zero-order chi connectivity index (χ0) is 14.4. The Balaban J connectivity index is 2.65. The molecule has 2 nitrogen and oxygen atoms in total. The van der Waals surface area contributed by atoms with Crippen LogP contribution >= 0.6 is 0 Å². The van der Waals surface area contributed by atoms with E-state index in [4.69, 9.17) is 4.74 Å². The van der Waals surface area contributed by atoms with Crippen LogP contribution in [0.15, 0.2) is 18.2 Å². The Morgan fingerprint density at radius 1 is 1.16 bits per heavy atom. The van der Waals surface area contributed by atoms with Crippen LogP contribution in [0.2, 0.25) is 0 Å². The molecule has 0 aromatic heterocycles. The van der Waals surface area contributed by atoms with E-state index < -0.39 is 0 Å². The lowest BCUT2D eigenvalue weighted by Crippen LogP contribution is -2.25. The number of benzene rings is 1. The molecule has 0 aliphatic rings. The first kappa shape index (κ1) is 16.2. The van der Waals surface area contributed by atoms with Crippen molar-refractivity contribution in [3.8, 4) is 0 Å². The van der Waals surface area contributed by atoms with Crippen molar-refractivity contribution in [1.29, 1.82) is 0 Å². The van der Waals surface area contributed by atoms with Crippen molar-refractivity contribution in [3.05, 3.63) is 34.9 Å². The molecule has 0 saturated carbocycles. The summed E-state index contributed by atoms with van der Waals surface area (Å²) in [4.78, 5) is 0. The van der Waals surface area contributed by atoms with Gasteiger partial charge in [-0.25, -0.2) is 0 Å². The summed E-state index contributed by atoms with van der Waals surface area (Å²) in [5.41, 5.74) is 3.97. The second-order valence-corrected chi connectivity index (χ2v) is 5.97. The Kier molecular flexibility index (Phi) is 6.53. The Labute approximate surface area is 118 Å². The number of aryl methyl sites for hydroxylation is 2. The number of hydrogen-bond donors (Lipinski definition) is 1. The van der Waals surface area contributed by atoms with E-state index in [1.807, 2.05) is 7.05 Å². The van der Waals surface area contributed by atoms with Crippen LogP contribution < -0.4 is 5.32 Å². The topological polar surface area (TPSA) is 21.3 Å². The molecule has 0 saturated heterocycles. The monoisotopic (exact) mass is 263 g/mol. The number of ether oxygens (including phenoxy) is 1. The van der Waals surface area contributed by atoms with Crippen LogP contribution in [0.3, 0.4) is 0 Å². The van der Waals surface area contributed by atoms with Gasteiger partial charge in [-0.2, -0.15) is 0 Å². The Bertz CT molecular complexity index is 387. The van der Waals surface area contributed by atoms with Gasteiger partial charge in [0.15, 0.2) is 0 Å². The van der Waals surface area contributed by atoms with E-state index in [2.05, 4.69) is 58.1 Å². The van der Waals surface area contributed by atoms with Crippen molar-refractivity contribution in [3.63, 3.8) is 0 Å². The van der Waals surface area contributed by atoms with Gasteiger partial charge in [-0.05, 0) is 51.3 Å². The molecule has 1 aromatic rings. The summed E-state index contributed by atoms with van der Waals surface area (Å²) < 4.78 is 5.99. The van der Waals surface area contributed by atoms with Crippen LogP contribution in [0.25, 0.3) is 0 Å². The van der Waals surface area contributed by atoms with Crippen molar-refractivity contribution < 1.29 is 4.74 Å². The Morgan fingerprint density at radius 3 is 2.42 bits per heavy atom. The highest BCUT2D eigenvalue weighted by Gasteiger charge is 2.14. The molecule has 0 aliphatic carbocycles. The standard InChI is InChI=1S/C17H29NO/c1-12(2)9-15(5)19-11-17(18-6)16-10-13(3)7-8-14(16)4/h7-8,10,12,15,17-18H,9,11H2,1-6H3. The Hall–Kier alpha value is -0.860. The second kappa shape index (κ2) is 7.66. The predicted octanol–water partition coefficient (Wildman–Crippen LogP) is 4.02. The minimum Gasteiger partial charge on any atom is -0.377 e. The maximum absolute atomic E-state index is 5.99. The van der Waals surface area contributed by atoms with Gasteiger partial charge in [-0.3, -0.25) is 0 Å². The van der Waals surface area contributed by atoms with Gasteiger partial charge < -0.3 is 10.1 Å². The fourth-order valence-electron chi connectivity index (χ4n) is 2.46. The SMILES string of the molecule is CNC(COC(C)CC(C)C)c1cc(C)ccc1C. The van der Waals surface area contributed by atoms with E-state index in [-0.39, 0.29) is 6.04 Å². The summed E-state index contributed by atoms with van der Waals surface area (Å²) in [6.45, 7) is 11.7. The van der Waals surface area contributed by atoms with Crippen molar-refractivity contribution in [1.82, 2.24) is 5.32 Å². The quantitative estimate of drug-likeness (QED) is 0.802. The maximum atomic E-state index is 5.99. The summed E-state index contributed by atoms with van der Waals surface area (Å²) in [6, 6.07) is 6.88. The van der Waals surface area contributed by atoms with Crippen molar-refractivity contribution in [2.24, 2.45) is 5.92 Å². The van der Waals surface area contributed by atoms with Gasteiger partial charge in [0.05, 0.1) is 18.8 Å². The third kappa shape index (κ3) is 5.33. The normalized spacial score (nSPS) is 14.7. The number of nitrogens with one attached hydrogen (secondary N) is 1. The third-order valence-electron chi connectivity index (χ3n) is 3.51. The molecule has 2 unspecified atom stereocenters. The molecule has 1 rings (SSSR count). The number of hydrogen-bond acceptors (Lipinski definition) is 2. The average Bonchev–Trinajstić information content (AvgIpc) is 2.33. The first-order chi connectivity index (χ1) is 8.93.